The molecule has 5 aliphatic carbocycles. The number of hydrogen-bond donors (Lipinski definition) is 2. The summed E-state index contributed by atoms with van der Waals surface area (Å²) in [5.41, 5.74) is 28.8. The molecule has 10 heteroatoms. The molecule has 0 bridgehead atoms. The molecule has 6 aromatic rings. The van der Waals surface area contributed by atoms with Crippen LogP contribution in [0.2, 0.25) is 2.82 Å². The number of rotatable bonds is 11. The highest BCUT2D eigenvalue weighted by atomic mass is 15.5. The summed E-state index contributed by atoms with van der Waals surface area (Å²) >= 11 is 0. The summed E-state index contributed by atoms with van der Waals surface area (Å²) in [7, 11) is 0. The molecule has 10 nitrogen and oxygen atoms in total. The number of anilines is 5. The van der Waals surface area contributed by atoms with E-state index in [1.54, 1.807) is 11.0 Å². The van der Waals surface area contributed by atoms with Crippen LogP contribution in [-0.4, -0.2) is 63.7 Å². The van der Waals surface area contributed by atoms with Gasteiger partial charge in [-0.1, -0.05) is 296 Å². The van der Waals surface area contributed by atoms with Crippen molar-refractivity contribution in [2.45, 2.75) is 371 Å². The Hall–Kier alpha value is -7.98. The van der Waals surface area contributed by atoms with Crippen LogP contribution in [0.5, 0.6) is 0 Å². The molecule has 0 aromatic heterocycles. The van der Waals surface area contributed by atoms with Gasteiger partial charge in [0.25, 0.3) is 0 Å². The van der Waals surface area contributed by atoms with Gasteiger partial charge in [0.15, 0.2) is 2.82 Å². The molecule has 5 unspecified atom stereocenters. The van der Waals surface area contributed by atoms with Gasteiger partial charge in [0.1, 0.15) is 30.8 Å². The topological polar surface area (TPSA) is 50.0 Å². The molecule has 5 atom stereocenters. The quantitative estimate of drug-likeness (QED) is 0.131. The van der Waals surface area contributed by atoms with E-state index in [0.717, 1.165) is 17.7 Å². The highest BCUT2D eigenvalue weighted by Gasteiger charge is 2.52. The minimum absolute atomic E-state index is 0.00169. The summed E-state index contributed by atoms with van der Waals surface area (Å²) in [6, 6.07) is 56.7. The first-order chi connectivity index (χ1) is 57.2. The number of hydrogen-bond acceptors (Lipinski definition) is 10. The molecule has 5 saturated carbocycles. The van der Waals surface area contributed by atoms with E-state index in [1.165, 1.54) is 242 Å². The third-order valence-electron chi connectivity index (χ3n) is 28.1. The molecule has 5 fully saturated rings. The van der Waals surface area contributed by atoms with Crippen molar-refractivity contribution in [1.82, 2.24) is 25.3 Å². The van der Waals surface area contributed by atoms with Gasteiger partial charge in [-0.3, -0.25) is 0 Å². The highest BCUT2D eigenvalue weighted by Crippen LogP contribution is 2.54. The standard InChI is InChI=1S/C26H34N2.C25H38N2.2C21H32N2.C16H24N2/c1-19-13-9-12-18-23(19)27-20(2)24(21-14-7-6-8-15-21)28(22-16-10-11-17-22)25(27)26(3,4)5;1-18-12-6-11-17-22(18)26-19(2)23(20-13-7-8-14-20)27(21-15-9-10-16-21)24(26)25(3,4)5;1-15-11-7-10-14-19(15)23-17(3)16(2)22(18-12-8-9-13-18)20(23)21(4,5)6;1-15-11-9-10-14-18(15)23-16(2)19(17-12-7-6-8-13-17)22-20(23)21(3,4)5;1-11-9-7-8-10-14(11)18-13(3)12(2)17-15(18)16(4,5)6/h6-9,12-15,18,22,25H,10-11,16-17H2,1-5H3;6,11-12,17,20-21,24H,7-10,13-16H2,1-5H3;7,10-11,14,18,20H,8-9,12-13H2,1-6H3;9-11,14,17,20,22H,6-8,12-13H2,1-5H3;7-10,15,17H,1-6H3/i/hD2. The van der Waals surface area contributed by atoms with Crippen LogP contribution in [0.4, 0.5) is 28.4 Å². The second-order valence-electron chi connectivity index (χ2n) is 42.7. The fourth-order valence-corrected chi connectivity index (χ4v) is 22.2. The van der Waals surface area contributed by atoms with Gasteiger partial charge in [-0.05, 0) is 211 Å². The normalized spacial score (nSPS) is 23.2. The SMILES string of the molecule is CC1=C(C)N(C2CCCC2)C(C(C)(C)C)N1c1ccccc1C.CC1=C(C2CCCC2)N(C2CCCC2)C(C(C)(C)C)N1c1ccccc1C.CC1=C(c2ccccc2)N(C2CCCC2)C(C(C)(C)C)N1c1ccccc1C.[2H]N1C(C)=C(C)N(c2ccccc2C)C1C(C)(C)C.[2H]N1C(C2CCCCC2)=C(C)N(c2ccccc2C)C1C(C)(C)C. The zero-order valence-corrected chi connectivity index (χ0v) is 79.5. The van der Waals surface area contributed by atoms with Crippen LogP contribution in [0.3, 0.4) is 0 Å². The van der Waals surface area contributed by atoms with E-state index in [2.05, 4.69) is 371 Å². The van der Waals surface area contributed by atoms with E-state index in [4.69, 9.17) is 2.82 Å². The average Bonchev–Trinajstić information content (AvgIpc) is 1.59. The predicted octanol–water partition coefficient (Wildman–Crippen LogP) is 29.0. The zero-order chi connectivity index (χ0) is 87.7. The first kappa shape index (κ1) is 87.4. The van der Waals surface area contributed by atoms with Gasteiger partial charge in [0.05, 0.1) is 5.70 Å². The molecule has 646 valence electrons. The fraction of sp³-hybridized carbons (Fsp3) is 0.578. The highest BCUT2D eigenvalue weighted by molar-refractivity contribution is 5.78. The summed E-state index contributed by atoms with van der Waals surface area (Å²) in [4.78, 5) is 21.1. The smallest absolute Gasteiger partial charge is 0.162 e. The molecule has 5 aliphatic heterocycles. The van der Waals surface area contributed by atoms with E-state index >= 15 is 0 Å². The lowest BCUT2D eigenvalue weighted by atomic mass is 9.86. The Morgan fingerprint density at radius 2 is 0.571 bits per heavy atom. The lowest BCUT2D eigenvalue weighted by molar-refractivity contribution is 0.102. The van der Waals surface area contributed by atoms with Crippen LogP contribution in [0.15, 0.2) is 203 Å². The van der Waals surface area contributed by atoms with E-state index in [0.29, 0.717) is 36.5 Å². The van der Waals surface area contributed by atoms with Crippen LogP contribution in [0, 0.1) is 73.5 Å². The maximum absolute atomic E-state index is 8.95. The Labute approximate surface area is 728 Å². The average molecular weight is 1610 g/mol. The predicted molar refractivity (Wildman–Crippen MR) is 513 cm³/mol. The molecule has 0 spiro atoms. The van der Waals surface area contributed by atoms with Crippen molar-refractivity contribution in [3.63, 3.8) is 0 Å². The number of allylic oxidation sites excluding steroid dienone is 9. The van der Waals surface area contributed by atoms with Crippen LogP contribution >= 0.6 is 0 Å². The maximum atomic E-state index is 8.95. The van der Waals surface area contributed by atoms with E-state index in [9.17, 15) is 0 Å². The van der Waals surface area contributed by atoms with Crippen molar-refractivity contribution in [2.24, 2.45) is 38.9 Å². The van der Waals surface area contributed by atoms with Crippen LogP contribution in [0.25, 0.3) is 5.70 Å². The largest absolute Gasteiger partial charge is 0.367 e. The van der Waals surface area contributed by atoms with Gasteiger partial charge < -0.3 is 49.8 Å². The third kappa shape index (κ3) is 19.4. The molecule has 5 heterocycles. The van der Waals surface area contributed by atoms with Crippen molar-refractivity contribution in [2.75, 3.05) is 24.5 Å². The Kier molecular flexibility index (Phi) is 27.4. The second-order valence-corrected chi connectivity index (χ2v) is 42.7. The molecule has 0 radical (unpaired) electrons. The molecule has 119 heavy (non-hydrogen) atoms. The van der Waals surface area contributed by atoms with Crippen molar-refractivity contribution >= 4 is 34.1 Å². The van der Waals surface area contributed by atoms with E-state index in [-0.39, 0.29) is 39.4 Å². The zero-order valence-electron chi connectivity index (χ0n) is 81.5. The first-order valence-electron chi connectivity index (χ1n) is 47.8. The lowest BCUT2D eigenvalue weighted by Gasteiger charge is -2.46. The number of aryl methyl sites for hydroxylation is 5. The number of nitrogens with one attached hydrogen (secondary N) is 2. The van der Waals surface area contributed by atoms with Gasteiger partial charge in [0.2, 0.25) is 0 Å². The Morgan fingerprint density at radius 1 is 0.269 bits per heavy atom. The summed E-state index contributed by atoms with van der Waals surface area (Å²) < 4.78 is 17.3. The summed E-state index contributed by atoms with van der Waals surface area (Å²) in [5, 5.41) is 3.50. The number of para-hydroxylation sites is 5. The van der Waals surface area contributed by atoms with Crippen molar-refractivity contribution < 1.29 is 2.82 Å². The Balaban J connectivity index is 0.000000139. The van der Waals surface area contributed by atoms with Crippen LogP contribution in [-0.2, 0) is 0 Å². The number of benzene rings is 6. The molecule has 16 rings (SSSR count). The van der Waals surface area contributed by atoms with Crippen molar-refractivity contribution in [3.05, 3.63) is 236 Å². The van der Waals surface area contributed by atoms with Crippen LogP contribution < -0.4 is 35.1 Å². The minimum Gasteiger partial charge on any atom is -0.367 e. The fourth-order valence-electron chi connectivity index (χ4n) is 22.2. The van der Waals surface area contributed by atoms with Crippen molar-refractivity contribution in [3.8, 4) is 0 Å². The summed E-state index contributed by atoms with van der Waals surface area (Å²) in [6.07, 6.45) is 29.6. The van der Waals surface area contributed by atoms with Gasteiger partial charge in [-0.2, -0.15) is 0 Å². The van der Waals surface area contributed by atoms with Gasteiger partial charge in [0, 0.05) is 137 Å². The summed E-state index contributed by atoms with van der Waals surface area (Å²) in [6.45, 7) is 61.8. The monoisotopic (exact) mass is 1610 g/mol. The van der Waals surface area contributed by atoms with Gasteiger partial charge >= 0.3 is 0 Å². The molecular weight excluding hydrogens is 1450 g/mol. The number of nitrogens with zero attached hydrogens (tertiary/aromatic N) is 8. The molecule has 2 N–H and O–H groups in total. The van der Waals surface area contributed by atoms with E-state index < -0.39 is 0 Å². The minimum atomic E-state index is 0.00169. The van der Waals surface area contributed by atoms with Crippen LogP contribution in [0.1, 0.15) is 321 Å². The molecule has 0 saturated heterocycles. The lowest BCUT2D eigenvalue weighted by Crippen LogP contribution is -2.52. The maximum Gasteiger partial charge on any atom is 0.162 e. The second kappa shape index (κ2) is 37.4. The van der Waals surface area contributed by atoms with Gasteiger partial charge in [-0.25, -0.2) is 0 Å². The van der Waals surface area contributed by atoms with Crippen molar-refractivity contribution in [1.29, 1.82) is 0 Å². The third-order valence-corrected chi connectivity index (χ3v) is 28.1. The van der Waals surface area contributed by atoms with E-state index in [1.807, 2.05) is 12.2 Å². The molecule has 10 aliphatic rings. The first-order valence-corrected chi connectivity index (χ1v) is 46.9. The molecule has 6 aromatic carbocycles. The molecular formula is C109H160N10. The Morgan fingerprint density at radius 3 is 0.966 bits per heavy atom. The molecule has 0 amide bonds. The summed E-state index contributed by atoms with van der Waals surface area (Å²) in [5.74, 6) is 1.32. The Bertz CT molecular complexity index is 4650. The van der Waals surface area contributed by atoms with Gasteiger partial charge in [-0.15, -0.1) is 0 Å².